The number of hydrogen-bond acceptors (Lipinski definition) is 3. The van der Waals surface area contributed by atoms with Gasteiger partial charge in [0, 0.05) is 22.5 Å². The molecule has 1 aliphatic heterocycles. The number of carbonyl (C=O) groups is 1. The zero-order valence-electron chi connectivity index (χ0n) is 14.3. The molecule has 2 heterocycles. The quantitative estimate of drug-likeness (QED) is 0.678. The van der Waals surface area contributed by atoms with Gasteiger partial charge in [-0.15, -0.1) is 0 Å². The van der Waals surface area contributed by atoms with Crippen molar-refractivity contribution >= 4 is 34.1 Å². The van der Waals surface area contributed by atoms with Gasteiger partial charge in [-0.2, -0.15) is 0 Å². The molecule has 0 radical (unpaired) electrons. The minimum absolute atomic E-state index is 0.0931. The molecule has 0 saturated carbocycles. The highest BCUT2D eigenvalue weighted by Crippen LogP contribution is 2.29. The summed E-state index contributed by atoms with van der Waals surface area (Å²) >= 11 is 6.23. The van der Waals surface area contributed by atoms with Crippen LogP contribution in [-0.4, -0.2) is 28.6 Å². The molecule has 0 fully saturated rings. The topological polar surface area (TPSA) is 54.5 Å². The van der Waals surface area contributed by atoms with Crippen molar-refractivity contribution in [2.45, 2.75) is 19.6 Å². The number of urea groups is 1. The van der Waals surface area contributed by atoms with Crippen LogP contribution in [0.4, 0.5) is 10.5 Å². The van der Waals surface area contributed by atoms with Crippen LogP contribution < -0.4 is 10.1 Å². The van der Waals surface area contributed by atoms with Crippen LogP contribution >= 0.6 is 11.6 Å². The lowest BCUT2D eigenvalue weighted by Gasteiger charge is -2.23. The lowest BCUT2D eigenvalue weighted by Crippen LogP contribution is -2.38. The van der Waals surface area contributed by atoms with Crippen molar-refractivity contribution in [3.63, 3.8) is 0 Å². The Morgan fingerprint density at radius 1 is 1.19 bits per heavy atom. The number of hydrogen-bond donors (Lipinski definition) is 1. The molecule has 1 N–H and O–H groups in total. The number of fused-ring (bicyclic) bond motifs is 2. The molecular formula is C20H18ClN3O2. The molecule has 0 saturated heterocycles. The summed E-state index contributed by atoms with van der Waals surface area (Å²) in [5.41, 5.74) is 1.63. The van der Waals surface area contributed by atoms with Crippen LogP contribution in [0, 0.1) is 0 Å². The number of para-hydroxylation sites is 1. The van der Waals surface area contributed by atoms with Gasteiger partial charge in [-0.1, -0.05) is 41.9 Å². The molecule has 6 heteroatoms. The lowest BCUT2D eigenvalue weighted by molar-refractivity contribution is 0.167. The number of aromatic nitrogens is 1. The predicted octanol–water partition coefficient (Wildman–Crippen LogP) is 4.70. The molecule has 1 aromatic heterocycles. The second kappa shape index (κ2) is 6.84. The third-order valence-electron chi connectivity index (χ3n) is 4.42. The monoisotopic (exact) mass is 367 g/mol. The number of carbonyl (C=O) groups excluding carboxylic acids is 1. The number of ether oxygens (including phenoxy) is 1. The van der Waals surface area contributed by atoms with Crippen LogP contribution in [0.25, 0.3) is 10.8 Å². The summed E-state index contributed by atoms with van der Waals surface area (Å²) in [5, 5.41) is 5.25. The van der Waals surface area contributed by atoms with Gasteiger partial charge in [-0.3, -0.25) is 4.98 Å². The van der Waals surface area contributed by atoms with Gasteiger partial charge in [0.25, 0.3) is 0 Å². The Bertz CT molecular complexity index is 976. The number of nitrogens with one attached hydrogen (secondary N) is 1. The van der Waals surface area contributed by atoms with Crippen molar-refractivity contribution in [3.8, 4) is 5.75 Å². The second-order valence-electron chi connectivity index (χ2n) is 6.37. The molecule has 3 aromatic rings. The fraction of sp³-hybridized carbons (Fsp3) is 0.200. The van der Waals surface area contributed by atoms with E-state index in [9.17, 15) is 4.79 Å². The summed E-state index contributed by atoms with van der Waals surface area (Å²) in [6, 6.07) is 13.2. The molecule has 5 nitrogen and oxygen atoms in total. The van der Waals surface area contributed by atoms with Crippen LogP contribution in [0.15, 0.2) is 54.9 Å². The molecule has 2 amide bonds. The SMILES string of the molecule is CC1CN(C(=O)Nc2cncc3c(Cl)cccc23)Cc2ccccc2O1. The van der Waals surface area contributed by atoms with Gasteiger partial charge in [0.05, 0.1) is 30.0 Å². The van der Waals surface area contributed by atoms with E-state index in [0.29, 0.717) is 23.8 Å². The van der Waals surface area contributed by atoms with Crippen molar-refractivity contribution in [2.75, 3.05) is 11.9 Å². The number of amides is 2. The Balaban J connectivity index is 1.62. The number of pyridine rings is 1. The maximum Gasteiger partial charge on any atom is 0.322 e. The molecule has 2 aromatic carbocycles. The number of anilines is 1. The molecular weight excluding hydrogens is 350 g/mol. The van der Waals surface area contributed by atoms with E-state index >= 15 is 0 Å². The number of halogens is 1. The fourth-order valence-electron chi connectivity index (χ4n) is 3.19. The number of nitrogens with zero attached hydrogens (tertiary/aromatic N) is 2. The smallest absolute Gasteiger partial charge is 0.322 e. The van der Waals surface area contributed by atoms with Crippen molar-refractivity contribution in [1.29, 1.82) is 0 Å². The van der Waals surface area contributed by atoms with Gasteiger partial charge < -0.3 is 15.0 Å². The average Bonchev–Trinajstić information content (AvgIpc) is 2.80. The van der Waals surface area contributed by atoms with E-state index in [1.54, 1.807) is 17.3 Å². The van der Waals surface area contributed by atoms with Crippen LogP contribution in [0.3, 0.4) is 0 Å². The normalized spacial score (nSPS) is 16.5. The fourth-order valence-corrected chi connectivity index (χ4v) is 3.41. The Hall–Kier alpha value is -2.79. The molecule has 26 heavy (non-hydrogen) atoms. The van der Waals surface area contributed by atoms with Gasteiger partial charge in [0.1, 0.15) is 11.9 Å². The minimum atomic E-state index is -0.188. The summed E-state index contributed by atoms with van der Waals surface area (Å²) < 4.78 is 5.92. The van der Waals surface area contributed by atoms with Crippen LogP contribution in [0.1, 0.15) is 12.5 Å². The van der Waals surface area contributed by atoms with E-state index in [1.165, 1.54) is 0 Å². The molecule has 1 aliphatic rings. The third-order valence-corrected chi connectivity index (χ3v) is 4.75. The largest absolute Gasteiger partial charge is 0.489 e. The molecule has 0 aliphatic carbocycles. The van der Waals surface area contributed by atoms with Crippen LogP contribution in [0.2, 0.25) is 5.02 Å². The first kappa shape index (κ1) is 16.7. The predicted molar refractivity (Wildman–Crippen MR) is 103 cm³/mol. The first-order chi connectivity index (χ1) is 12.6. The minimum Gasteiger partial charge on any atom is -0.489 e. The van der Waals surface area contributed by atoms with Crippen LogP contribution in [0.5, 0.6) is 5.75 Å². The molecule has 1 unspecified atom stereocenters. The summed E-state index contributed by atoms with van der Waals surface area (Å²) in [5.74, 6) is 0.828. The molecule has 0 bridgehead atoms. The maximum absolute atomic E-state index is 12.9. The van der Waals surface area contributed by atoms with E-state index in [0.717, 1.165) is 22.1 Å². The zero-order chi connectivity index (χ0) is 18.1. The Morgan fingerprint density at radius 2 is 2.04 bits per heavy atom. The maximum atomic E-state index is 12.9. The second-order valence-corrected chi connectivity index (χ2v) is 6.78. The van der Waals surface area contributed by atoms with E-state index in [-0.39, 0.29) is 12.1 Å². The average molecular weight is 368 g/mol. The Morgan fingerprint density at radius 3 is 2.92 bits per heavy atom. The first-order valence-electron chi connectivity index (χ1n) is 8.44. The zero-order valence-corrected chi connectivity index (χ0v) is 15.0. The lowest BCUT2D eigenvalue weighted by atomic mass is 10.1. The third kappa shape index (κ3) is 3.18. The number of rotatable bonds is 1. The van der Waals surface area contributed by atoms with Crippen molar-refractivity contribution in [2.24, 2.45) is 0 Å². The van der Waals surface area contributed by atoms with E-state index in [4.69, 9.17) is 16.3 Å². The summed E-state index contributed by atoms with van der Waals surface area (Å²) in [7, 11) is 0. The Kier molecular flexibility index (Phi) is 4.39. The summed E-state index contributed by atoms with van der Waals surface area (Å²) in [6.07, 6.45) is 3.25. The summed E-state index contributed by atoms with van der Waals surface area (Å²) in [6.45, 7) is 2.95. The van der Waals surface area contributed by atoms with Crippen molar-refractivity contribution < 1.29 is 9.53 Å². The van der Waals surface area contributed by atoms with Crippen molar-refractivity contribution in [3.05, 3.63) is 65.4 Å². The van der Waals surface area contributed by atoms with E-state index in [2.05, 4.69) is 10.3 Å². The van der Waals surface area contributed by atoms with Gasteiger partial charge in [-0.05, 0) is 19.1 Å². The van der Waals surface area contributed by atoms with Gasteiger partial charge >= 0.3 is 6.03 Å². The highest BCUT2D eigenvalue weighted by Gasteiger charge is 2.24. The molecule has 132 valence electrons. The Labute approximate surface area is 156 Å². The van der Waals surface area contributed by atoms with E-state index in [1.807, 2.05) is 49.4 Å². The van der Waals surface area contributed by atoms with Gasteiger partial charge in [-0.25, -0.2) is 4.79 Å². The summed E-state index contributed by atoms with van der Waals surface area (Å²) in [4.78, 5) is 18.9. The highest BCUT2D eigenvalue weighted by atomic mass is 35.5. The molecule has 0 spiro atoms. The number of benzene rings is 2. The standard InChI is InChI=1S/C20H18ClN3O2/c1-13-11-24(12-14-5-2-3-8-19(14)26-13)20(25)23-18-10-22-9-16-15(18)6-4-7-17(16)21/h2-10,13H,11-12H2,1H3,(H,23,25). The highest BCUT2D eigenvalue weighted by molar-refractivity contribution is 6.35. The van der Waals surface area contributed by atoms with Gasteiger partial charge in [0.2, 0.25) is 0 Å². The van der Waals surface area contributed by atoms with Crippen LogP contribution in [-0.2, 0) is 6.54 Å². The molecule has 1 atom stereocenters. The molecule has 4 rings (SSSR count). The van der Waals surface area contributed by atoms with Gasteiger partial charge in [0.15, 0.2) is 0 Å². The first-order valence-corrected chi connectivity index (χ1v) is 8.82. The van der Waals surface area contributed by atoms with E-state index < -0.39 is 0 Å². The van der Waals surface area contributed by atoms with Crippen molar-refractivity contribution in [1.82, 2.24) is 9.88 Å².